The normalized spacial score (nSPS) is 13.5. The predicted octanol–water partition coefficient (Wildman–Crippen LogP) is 2.39. The quantitative estimate of drug-likeness (QED) is 0.918. The highest BCUT2D eigenvalue weighted by Gasteiger charge is 2.25. The standard InChI is InChI=1S/C14H19N3O2/c1-9-6-5-7-15-12(9)13-16-11(19-17-13)8-10(18)14(2,3)4/h5-7,10,18H,8H2,1-4H3. The zero-order chi connectivity index (χ0) is 14.0. The van der Waals surface area contributed by atoms with Crippen molar-refractivity contribution in [1.82, 2.24) is 15.1 Å². The molecular formula is C14H19N3O2. The molecule has 0 amide bonds. The Morgan fingerprint density at radius 1 is 1.37 bits per heavy atom. The Kier molecular flexibility index (Phi) is 3.66. The van der Waals surface area contributed by atoms with Crippen molar-refractivity contribution in [3.8, 4) is 11.5 Å². The second-order valence-corrected chi connectivity index (χ2v) is 5.77. The van der Waals surface area contributed by atoms with Crippen molar-refractivity contribution in [3.05, 3.63) is 29.8 Å². The summed E-state index contributed by atoms with van der Waals surface area (Å²) in [4.78, 5) is 8.54. The van der Waals surface area contributed by atoms with E-state index in [1.54, 1.807) is 6.20 Å². The smallest absolute Gasteiger partial charge is 0.229 e. The molecule has 19 heavy (non-hydrogen) atoms. The lowest BCUT2D eigenvalue weighted by Crippen LogP contribution is -2.28. The maximum absolute atomic E-state index is 10.0. The Morgan fingerprint density at radius 3 is 2.74 bits per heavy atom. The van der Waals surface area contributed by atoms with Crippen molar-refractivity contribution in [2.45, 2.75) is 40.2 Å². The second kappa shape index (κ2) is 5.09. The predicted molar refractivity (Wildman–Crippen MR) is 71.4 cm³/mol. The van der Waals surface area contributed by atoms with E-state index in [0.717, 1.165) is 5.56 Å². The van der Waals surface area contributed by atoms with E-state index in [2.05, 4.69) is 15.1 Å². The van der Waals surface area contributed by atoms with Gasteiger partial charge in [-0.1, -0.05) is 32.0 Å². The number of aliphatic hydroxyl groups excluding tert-OH is 1. The van der Waals surface area contributed by atoms with Crippen molar-refractivity contribution in [1.29, 1.82) is 0 Å². The number of hydrogen-bond acceptors (Lipinski definition) is 5. The van der Waals surface area contributed by atoms with Crippen LogP contribution in [0.3, 0.4) is 0 Å². The second-order valence-electron chi connectivity index (χ2n) is 5.77. The molecule has 102 valence electrons. The molecule has 0 aliphatic carbocycles. The first kappa shape index (κ1) is 13.7. The summed E-state index contributed by atoms with van der Waals surface area (Å²) < 4.78 is 5.18. The minimum Gasteiger partial charge on any atom is -0.392 e. The minimum atomic E-state index is -0.523. The molecule has 2 heterocycles. The first-order chi connectivity index (χ1) is 8.88. The zero-order valence-electron chi connectivity index (χ0n) is 11.7. The number of aryl methyl sites for hydroxylation is 1. The van der Waals surface area contributed by atoms with Crippen LogP contribution in [0.15, 0.2) is 22.9 Å². The van der Waals surface area contributed by atoms with Crippen LogP contribution in [0.4, 0.5) is 0 Å². The molecule has 0 spiro atoms. The molecule has 2 aromatic rings. The lowest BCUT2D eigenvalue weighted by atomic mass is 9.87. The first-order valence-corrected chi connectivity index (χ1v) is 6.30. The van der Waals surface area contributed by atoms with Crippen LogP contribution < -0.4 is 0 Å². The van der Waals surface area contributed by atoms with Gasteiger partial charge >= 0.3 is 0 Å². The Balaban J connectivity index is 2.19. The van der Waals surface area contributed by atoms with Gasteiger partial charge in [0.05, 0.1) is 12.5 Å². The van der Waals surface area contributed by atoms with Gasteiger partial charge in [0, 0.05) is 6.20 Å². The Labute approximate surface area is 112 Å². The number of nitrogens with zero attached hydrogens (tertiary/aromatic N) is 3. The van der Waals surface area contributed by atoms with Crippen molar-refractivity contribution in [2.75, 3.05) is 0 Å². The summed E-state index contributed by atoms with van der Waals surface area (Å²) in [5.74, 6) is 0.900. The molecule has 1 N–H and O–H groups in total. The summed E-state index contributed by atoms with van der Waals surface area (Å²) in [5, 5.41) is 14.0. The van der Waals surface area contributed by atoms with Gasteiger partial charge in [0.15, 0.2) is 0 Å². The number of aliphatic hydroxyl groups is 1. The van der Waals surface area contributed by atoms with Crippen LogP contribution >= 0.6 is 0 Å². The van der Waals surface area contributed by atoms with E-state index in [-0.39, 0.29) is 5.41 Å². The maximum atomic E-state index is 10.0. The van der Waals surface area contributed by atoms with Crippen LogP contribution in [0.25, 0.3) is 11.5 Å². The highest BCUT2D eigenvalue weighted by molar-refractivity contribution is 5.53. The van der Waals surface area contributed by atoms with Crippen LogP contribution in [0, 0.1) is 12.3 Å². The van der Waals surface area contributed by atoms with E-state index >= 15 is 0 Å². The summed E-state index contributed by atoms with van der Waals surface area (Å²) in [6, 6.07) is 3.81. The molecule has 0 bridgehead atoms. The molecule has 1 atom stereocenters. The molecule has 0 fully saturated rings. The molecule has 0 aliphatic heterocycles. The van der Waals surface area contributed by atoms with Crippen LogP contribution in [0.1, 0.15) is 32.2 Å². The molecule has 5 heteroatoms. The topological polar surface area (TPSA) is 72.0 Å². The fraction of sp³-hybridized carbons (Fsp3) is 0.500. The van der Waals surface area contributed by atoms with Crippen LogP contribution in [0.5, 0.6) is 0 Å². The molecule has 1 unspecified atom stereocenters. The summed E-state index contributed by atoms with van der Waals surface area (Å²) >= 11 is 0. The van der Waals surface area contributed by atoms with Gasteiger partial charge in [-0.2, -0.15) is 4.98 Å². The van der Waals surface area contributed by atoms with E-state index in [0.29, 0.717) is 23.8 Å². The van der Waals surface area contributed by atoms with Crippen molar-refractivity contribution >= 4 is 0 Å². The molecular weight excluding hydrogens is 242 g/mol. The van der Waals surface area contributed by atoms with E-state index in [1.807, 2.05) is 39.8 Å². The van der Waals surface area contributed by atoms with Crippen LogP contribution in [-0.2, 0) is 6.42 Å². The van der Waals surface area contributed by atoms with Gasteiger partial charge in [-0.05, 0) is 24.0 Å². The Morgan fingerprint density at radius 2 is 2.11 bits per heavy atom. The number of hydrogen-bond donors (Lipinski definition) is 1. The molecule has 5 nitrogen and oxygen atoms in total. The van der Waals surface area contributed by atoms with Crippen LogP contribution in [-0.4, -0.2) is 26.3 Å². The molecule has 2 rings (SSSR count). The van der Waals surface area contributed by atoms with E-state index in [4.69, 9.17) is 4.52 Å². The average molecular weight is 261 g/mol. The Hall–Kier alpha value is -1.75. The molecule has 0 radical (unpaired) electrons. The molecule has 0 aliphatic rings. The Bertz CT molecular complexity index is 558. The third kappa shape index (κ3) is 3.17. The number of rotatable bonds is 3. The van der Waals surface area contributed by atoms with Crippen molar-refractivity contribution < 1.29 is 9.63 Å². The lowest BCUT2D eigenvalue weighted by molar-refractivity contribution is 0.0565. The van der Waals surface area contributed by atoms with E-state index < -0.39 is 6.10 Å². The zero-order valence-corrected chi connectivity index (χ0v) is 11.7. The van der Waals surface area contributed by atoms with Crippen molar-refractivity contribution in [3.63, 3.8) is 0 Å². The van der Waals surface area contributed by atoms with Gasteiger partial charge in [-0.3, -0.25) is 4.98 Å². The summed E-state index contributed by atoms with van der Waals surface area (Å²) in [6.45, 7) is 7.86. The number of aromatic nitrogens is 3. The third-order valence-electron chi connectivity index (χ3n) is 3.06. The summed E-state index contributed by atoms with van der Waals surface area (Å²) in [7, 11) is 0. The number of pyridine rings is 1. The highest BCUT2D eigenvalue weighted by atomic mass is 16.5. The molecule has 0 aromatic carbocycles. The summed E-state index contributed by atoms with van der Waals surface area (Å²) in [5.41, 5.74) is 1.49. The maximum Gasteiger partial charge on any atom is 0.229 e. The largest absolute Gasteiger partial charge is 0.392 e. The van der Waals surface area contributed by atoms with Crippen molar-refractivity contribution in [2.24, 2.45) is 5.41 Å². The van der Waals surface area contributed by atoms with Gasteiger partial charge in [0.1, 0.15) is 5.69 Å². The van der Waals surface area contributed by atoms with Gasteiger partial charge in [0.25, 0.3) is 0 Å². The van der Waals surface area contributed by atoms with Gasteiger partial charge in [0.2, 0.25) is 11.7 Å². The molecule has 2 aromatic heterocycles. The van der Waals surface area contributed by atoms with Crippen LogP contribution in [0.2, 0.25) is 0 Å². The fourth-order valence-electron chi connectivity index (χ4n) is 1.63. The third-order valence-corrected chi connectivity index (χ3v) is 3.06. The molecule has 0 saturated heterocycles. The van der Waals surface area contributed by atoms with Gasteiger partial charge in [-0.25, -0.2) is 0 Å². The SMILES string of the molecule is Cc1cccnc1-c1noc(CC(O)C(C)(C)C)n1. The van der Waals surface area contributed by atoms with Gasteiger partial charge in [-0.15, -0.1) is 0 Å². The van der Waals surface area contributed by atoms with Gasteiger partial charge < -0.3 is 9.63 Å². The lowest BCUT2D eigenvalue weighted by Gasteiger charge is -2.24. The monoisotopic (exact) mass is 261 g/mol. The highest BCUT2D eigenvalue weighted by Crippen LogP contribution is 2.23. The first-order valence-electron chi connectivity index (χ1n) is 6.30. The minimum absolute atomic E-state index is 0.213. The fourth-order valence-corrected chi connectivity index (χ4v) is 1.63. The average Bonchev–Trinajstić information content (AvgIpc) is 2.76. The van der Waals surface area contributed by atoms with E-state index in [9.17, 15) is 5.11 Å². The summed E-state index contributed by atoms with van der Waals surface area (Å²) in [6.07, 6.45) is 1.52. The van der Waals surface area contributed by atoms with E-state index in [1.165, 1.54) is 0 Å². The molecule has 0 saturated carbocycles.